The van der Waals surface area contributed by atoms with Gasteiger partial charge in [0.1, 0.15) is 18.5 Å². The first-order valence-corrected chi connectivity index (χ1v) is 11.8. The van der Waals surface area contributed by atoms with Gasteiger partial charge in [-0.05, 0) is 43.2 Å². The molecule has 0 bridgehead atoms. The Morgan fingerprint density at radius 1 is 1.16 bits per heavy atom. The molecule has 2 aromatic carbocycles. The van der Waals surface area contributed by atoms with Gasteiger partial charge in [-0.3, -0.25) is 14.6 Å². The molecular weight excluding hydrogens is 424 g/mol. The van der Waals surface area contributed by atoms with Crippen LogP contribution in [0.5, 0.6) is 5.75 Å². The number of aryl methyl sites for hydroxylation is 2. The lowest BCUT2D eigenvalue weighted by Crippen LogP contribution is -2.50. The summed E-state index contributed by atoms with van der Waals surface area (Å²) in [6.07, 6.45) is -0.564. The lowest BCUT2D eigenvalue weighted by Gasteiger charge is -2.35. The number of piperazine rings is 1. The van der Waals surface area contributed by atoms with E-state index in [2.05, 4.69) is 20.1 Å². The molecule has 0 aliphatic carbocycles. The minimum absolute atomic E-state index is 0.0159. The van der Waals surface area contributed by atoms with E-state index in [1.165, 1.54) is 0 Å². The van der Waals surface area contributed by atoms with Gasteiger partial charge < -0.3 is 15.2 Å². The van der Waals surface area contributed by atoms with Crippen LogP contribution in [0.25, 0.3) is 10.2 Å². The molecular formula is C24H30N4O3S. The average Bonchev–Trinajstić information content (AvgIpc) is 3.24. The summed E-state index contributed by atoms with van der Waals surface area (Å²) in [5.41, 5.74) is 5.84. The van der Waals surface area contributed by atoms with E-state index >= 15 is 0 Å². The van der Waals surface area contributed by atoms with Crippen LogP contribution < -0.4 is 10.1 Å². The Morgan fingerprint density at radius 3 is 2.62 bits per heavy atom. The third kappa shape index (κ3) is 5.83. The Labute approximate surface area is 192 Å². The van der Waals surface area contributed by atoms with Crippen LogP contribution in [0.4, 0.5) is 5.69 Å². The average molecular weight is 455 g/mol. The van der Waals surface area contributed by atoms with E-state index in [1.807, 2.05) is 55.8 Å². The van der Waals surface area contributed by atoms with Crippen LogP contribution in [0.15, 0.2) is 41.9 Å². The number of para-hydroxylation sites is 1. The Morgan fingerprint density at radius 2 is 1.88 bits per heavy atom. The molecule has 1 unspecified atom stereocenters. The zero-order chi connectivity index (χ0) is 22.5. The summed E-state index contributed by atoms with van der Waals surface area (Å²) in [5, 5.41) is 13.5. The predicted octanol–water partition coefficient (Wildman–Crippen LogP) is 2.91. The second kappa shape index (κ2) is 10.4. The standard InChI is InChI=1S/C24H30N4O3S/c1-17-4-3-5-18(2)24(17)26-23(30)14-28-10-8-27(9-11-28)13-19(29)15-31-20-6-7-21-22(12-20)32-16-25-21/h3-7,12,16,19,29H,8-11,13-15H2,1-2H3,(H,26,30). The number of amides is 1. The number of nitrogens with one attached hydrogen (secondary N) is 1. The van der Waals surface area contributed by atoms with Crippen molar-refractivity contribution in [3.63, 3.8) is 0 Å². The van der Waals surface area contributed by atoms with Gasteiger partial charge in [0.2, 0.25) is 5.91 Å². The third-order valence-corrected chi connectivity index (χ3v) is 6.58. The lowest BCUT2D eigenvalue weighted by molar-refractivity contribution is -0.117. The van der Waals surface area contributed by atoms with E-state index in [1.54, 1.807) is 11.3 Å². The summed E-state index contributed by atoms with van der Waals surface area (Å²) in [7, 11) is 0. The topological polar surface area (TPSA) is 77.9 Å². The number of carbonyl (C=O) groups is 1. The quantitative estimate of drug-likeness (QED) is 0.545. The SMILES string of the molecule is Cc1cccc(C)c1NC(=O)CN1CCN(CC(O)COc2ccc3ncsc3c2)CC1. The number of anilines is 1. The van der Waals surface area contributed by atoms with Crippen molar-refractivity contribution in [3.05, 3.63) is 53.0 Å². The smallest absolute Gasteiger partial charge is 0.238 e. The number of aliphatic hydroxyl groups excluding tert-OH is 1. The molecule has 0 radical (unpaired) electrons. The molecule has 32 heavy (non-hydrogen) atoms. The molecule has 2 N–H and O–H groups in total. The van der Waals surface area contributed by atoms with Gasteiger partial charge in [-0.1, -0.05) is 18.2 Å². The number of rotatable bonds is 8. The minimum atomic E-state index is -0.564. The van der Waals surface area contributed by atoms with Gasteiger partial charge in [0.25, 0.3) is 0 Å². The maximum atomic E-state index is 12.5. The second-order valence-corrected chi connectivity index (χ2v) is 9.22. The number of carbonyl (C=O) groups excluding carboxylic acids is 1. The molecule has 1 aliphatic rings. The van der Waals surface area contributed by atoms with Crippen LogP contribution in [0.1, 0.15) is 11.1 Å². The number of hydrogen-bond acceptors (Lipinski definition) is 7. The summed E-state index contributed by atoms with van der Waals surface area (Å²) in [4.78, 5) is 21.1. The number of fused-ring (bicyclic) bond motifs is 1. The third-order valence-electron chi connectivity index (χ3n) is 5.79. The van der Waals surface area contributed by atoms with Crippen molar-refractivity contribution in [3.8, 4) is 5.75 Å². The van der Waals surface area contributed by atoms with Crippen molar-refractivity contribution in [1.82, 2.24) is 14.8 Å². The number of aromatic nitrogens is 1. The van der Waals surface area contributed by atoms with Crippen LogP contribution >= 0.6 is 11.3 Å². The molecule has 1 fully saturated rings. The van der Waals surface area contributed by atoms with Crippen molar-refractivity contribution in [1.29, 1.82) is 0 Å². The van der Waals surface area contributed by atoms with Gasteiger partial charge in [0, 0.05) is 38.4 Å². The lowest BCUT2D eigenvalue weighted by atomic mass is 10.1. The summed E-state index contributed by atoms with van der Waals surface area (Å²) < 4.78 is 6.85. The highest BCUT2D eigenvalue weighted by Gasteiger charge is 2.21. The largest absolute Gasteiger partial charge is 0.491 e. The monoisotopic (exact) mass is 454 g/mol. The summed E-state index contributed by atoms with van der Waals surface area (Å²) in [6.45, 7) is 8.45. The summed E-state index contributed by atoms with van der Waals surface area (Å²) in [5.74, 6) is 0.766. The fourth-order valence-electron chi connectivity index (χ4n) is 3.99. The highest BCUT2D eigenvalue weighted by atomic mass is 32.1. The molecule has 4 rings (SSSR count). The molecule has 1 atom stereocenters. The first-order valence-electron chi connectivity index (χ1n) is 10.9. The van der Waals surface area contributed by atoms with Crippen molar-refractivity contribution in [2.75, 3.05) is 51.2 Å². The van der Waals surface area contributed by atoms with E-state index in [0.717, 1.165) is 59.0 Å². The van der Waals surface area contributed by atoms with Gasteiger partial charge in [-0.2, -0.15) is 0 Å². The molecule has 0 saturated carbocycles. The Balaban J connectivity index is 1.17. The highest BCUT2D eigenvalue weighted by molar-refractivity contribution is 7.16. The Kier molecular flexibility index (Phi) is 7.36. The maximum Gasteiger partial charge on any atom is 0.238 e. The molecule has 1 amide bonds. The summed E-state index contributed by atoms with van der Waals surface area (Å²) >= 11 is 1.58. The van der Waals surface area contributed by atoms with E-state index in [0.29, 0.717) is 13.1 Å². The molecule has 1 aliphatic heterocycles. The number of β-amino-alcohol motifs (C(OH)–C–C–N with tert-alkyl or cyclic N) is 1. The van der Waals surface area contributed by atoms with Gasteiger partial charge in [-0.25, -0.2) is 4.98 Å². The number of benzene rings is 2. The van der Waals surface area contributed by atoms with Crippen LogP contribution in [-0.4, -0.2) is 77.8 Å². The fraction of sp³-hybridized carbons (Fsp3) is 0.417. The maximum absolute atomic E-state index is 12.5. The van der Waals surface area contributed by atoms with Crippen molar-refractivity contribution in [2.45, 2.75) is 20.0 Å². The number of aliphatic hydroxyl groups is 1. The van der Waals surface area contributed by atoms with E-state index in [4.69, 9.17) is 4.74 Å². The fourth-order valence-corrected chi connectivity index (χ4v) is 4.70. The van der Waals surface area contributed by atoms with Gasteiger partial charge in [0.15, 0.2) is 0 Å². The van der Waals surface area contributed by atoms with Crippen molar-refractivity contribution in [2.24, 2.45) is 0 Å². The van der Waals surface area contributed by atoms with Crippen LogP contribution in [0.3, 0.4) is 0 Å². The Bertz CT molecular complexity index is 1040. The molecule has 0 spiro atoms. The van der Waals surface area contributed by atoms with Crippen molar-refractivity contribution < 1.29 is 14.6 Å². The second-order valence-electron chi connectivity index (χ2n) is 8.34. The van der Waals surface area contributed by atoms with E-state index in [9.17, 15) is 9.90 Å². The number of hydrogen-bond donors (Lipinski definition) is 2. The normalized spacial score (nSPS) is 16.2. The molecule has 2 heterocycles. The molecule has 7 nitrogen and oxygen atoms in total. The first kappa shape index (κ1) is 22.7. The van der Waals surface area contributed by atoms with Crippen molar-refractivity contribution >= 4 is 33.1 Å². The molecule has 170 valence electrons. The van der Waals surface area contributed by atoms with Gasteiger partial charge in [0.05, 0.1) is 22.3 Å². The van der Waals surface area contributed by atoms with Crippen LogP contribution in [0, 0.1) is 13.8 Å². The summed E-state index contributed by atoms with van der Waals surface area (Å²) in [6, 6.07) is 11.8. The highest BCUT2D eigenvalue weighted by Crippen LogP contribution is 2.23. The van der Waals surface area contributed by atoms with Gasteiger partial charge >= 0.3 is 0 Å². The van der Waals surface area contributed by atoms with Crippen LogP contribution in [0.2, 0.25) is 0 Å². The predicted molar refractivity (Wildman–Crippen MR) is 129 cm³/mol. The number of ether oxygens (including phenoxy) is 1. The number of thiazole rings is 1. The zero-order valence-corrected chi connectivity index (χ0v) is 19.4. The molecule has 3 aromatic rings. The Hall–Kier alpha value is -2.52. The first-order chi connectivity index (χ1) is 15.5. The van der Waals surface area contributed by atoms with Gasteiger partial charge in [-0.15, -0.1) is 11.3 Å². The van der Waals surface area contributed by atoms with Crippen LogP contribution in [-0.2, 0) is 4.79 Å². The zero-order valence-electron chi connectivity index (χ0n) is 18.6. The molecule has 1 saturated heterocycles. The van der Waals surface area contributed by atoms with E-state index < -0.39 is 6.10 Å². The molecule has 1 aromatic heterocycles. The minimum Gasteiger partial charge on any atom is -0.491 e. The number of nitrogens with zero attached hydrogens (tertiary/aromatic N) is 3. The van der Waals surface area contributed by atoms with E-state index in [-0.39, 0.29) is 12.5 Å². The molecule has 8 heteroatoms.